The first kappa shape index (κ1) is 30.6. The van der Waals surface area contributed by atoms with Gasteiger partial charge < -0.3 is 19.2 Å². The quantitative estimate of drug-likeness (QED) is 0.229. The number of hydrogen-bond acceptors (Lipinski definition) is 5. The molecule has 1 aliphatic rings. The molecule has 0 saturated carbocycles. The van der Waals surface area contributed by atoms with Gasteiger partial charge in [-0.1, -0.05) is 68.6 Å². The highest BCUT2D eigenvalue weighted by Gasteiger charge is 2.23. The van der Waals surface area contributed by atoms with E-state index in [9.17, 15) is 5.11 Å². The van der Waals surface area contributed by atoms with E-state index >= 15 is 0 Å². The van der Waals surface area contributed by atoms with Gasteiger partial charge in [0.1, 0.15) is 29.8 Å². The minimum Gasteiger partial charge on any atom is -0.490 e. The minimum atomic E-state index is -0.593. The van der Waals surface area contributed by atoms with Crippen LogP contribution in [-0.2, 0) is 0 Å². The predicted molar refractivity (Wildman–Crippen MR) is 167 cm³/mol. The second kappa shape index (κ2) is 14.0. The summed E-state index contributed by atoms with van der Waals surface area (Å²) >= 11 is 12.3. The highest BCUT2D eigenvalue weighted by atomic mass is 35.5. The fourth-order valence-corrected chi connectivity index (χ4v) is 5.29. The van der Waals surface area contributed by atoms with Gasteiger partial charge in [0.05, 0.1) is 21.1 Å². The van der Waals surface area contributed by atoms with Crippen LogP contribution in [0.2, 0.25) is 10.0 Å². The molecule has 0 amide bonds. The van der Waals surface area contributed by atoms with Crippen LogP contribution in [0.5, 0.6) is 5.75 Å². The number of hydrogen-bond donors (Lipinski definition) is 1. The fourth-order valence-electron chi connectivity index (χ4n) is 4.99. The Morgan fingerprint density at radius 3 is 2.55 bits per heavy atom. The van der Waals surface area contributed by atoms with E-state index in [2.05, 4.69) is 45.6 Å². The van der Waals surface area contributed by atoms with Crippen LogP contribution < -0.4 is 4.74 Å². The first-order valence-electron chi connectivity index (χ1n) is 14.4. The van der Waals surface area contributed by atoms with Crippen LogP contribution in [0.15, 0.2) is 63.6 Å². The molecule has 2 unspecified atom stereocenters. The average Bonchev–Trinajstić information content (AvgIpc) is 3.38. The van der Waals surface area contributed by atoms with Gasteiger partial charge in [0, 0.05) is 18.7 Å². The van der Waals surface area contributed by atoms with Gasteiger partial charge in [-0.15, -0.1) is 0 Å². The van der Waals surface area contributed by atoms with Gasteiger partial charge >= 0.3 is 0 Å². The van der Waals surface area contributed by atoms with Crippen LogP contribution in [0.3, 0.4) is 0 Å². The molecule has 1 saturated heterocycles. The molecule has 216 valence electrons. The Morgan fingerprint density at radius 1 is 1.12 bits per heavy atom. The number of piperidine rings is 1. The molecular weight excluding hydrogens is 543 g/mol. The van der Waals surface area contributed by atoms with Crippen molar-refractivity contribution in [3.63, 3.8) is 0 Å². The van der Waals surface area contributed by atoms with Crippen molar-refractivity contribution in [1.29, 1.82) is 0 Å². The van der Waals surface area contributed by atoms with Crippen molar-refractivity contribution in [3.8, 4) is 5.75 Å². The molecule has 5 nitrogen and oxygen atoms in total. The molecule has 0 radical (unpaired) electrons. The van der Waals surface area contributed by atoms with Gasteiger partial charge in [-0.2, -0.15) is 0 Å². The summed E-state index contributed by atoms with van der Waals surface area (Å²) in [7, 11) is 0. The Labute approximate surface area is 248 Å². The summed E-state index contributed by atoms with van der Waals surface area (Å²) in [6.45, 7) is 13.4. The number of halogens is 2. The van der Waals surface area contributed by atoms with E-state index in [4.69, 9.17) is 37.3 Å². The van der Waals surface area contributed by atoms with Gasteiger partial charge in [-0.25, -0.2) is 0 Å². The molecule has 0 bridgehead atoms. The van der Waals surface area contributed by atoms with Gasteiger partial charge in [-0.05, 0) is 87.0 Å². The molecule has 1 fully saturated rings. The van der Waals surface area contributed by atoms with Crippen LogP contribution in [0, 0.1) is 11.8 Å². The van der Waals surface area contributed by atoms with Crippen LogP contribution in [0.25, 0.3) is 11.0 Å². The first-order valence-corrected chi connectivity index (χ1v) is 15.2. The number of ether oxygens (including phenoxy) is 1. The molecule has 0 aliphatic carbocycles. The molecule has 7 heteroatoms. The Balaban J connectivity index is 1.38. The van der Waals surface area contributed by atoms with Crippen LogP contribution in [-0.4, -0.2) is 48.1 Å². The number of likely N-dealkylation sites (tertiary alicyclic amines) is 1. The zero-order chi connectivity index (χ0) is 28.8. The molecule has 1 N–H and O–H groups in total. The summed E-state index contributed by atoms with van der Waals surface area (Å²) in [5.41, 5.74) is 4.16. The first-order chi connectivity index (χ1) is 19.2. The number of aliphatic hydroxyl groups excluding tert-OH is 1. The number of furan rings is 1. The number of fused-ring (bicyclic) bond motifs is 1. The highest BCUT2D eigenvalue weighted by molar-refractivity contribution is 6.42. The van der Waals surface area contributed by atoms with Crippen LogP contribution in [0.1, 0.15) is 71.1 Å². The van der Waals surface area contributed by atoms with Crippen molar-refractivity contribution in [2.75, 3.05) is 26.2 Å². The molecule has 40 heavy (non-hydrogen) atoms. The number of β-amino-alcohol motifs (C(OH)–C–C–N with tert-alkyl or cyclic N) is 1. The summed E-state index contributed by atoms with van der Waals surface area (Å²) in [5.74, 6) is 2.63. The topological polar surface area (TPSA) is 58.2 Å². The molecule has 2 atom stereocenters. The Kier molecular flexibility index (Phi) is 10.8. The van der Waals surface area contributed by atoms with Gasteiger partial charge in [-0.3, -0.25) is 4.99 Å². The third-order valence-electron chi connectivity index (χ3n) is 8.07. The minimum absolute atomic E-state index is 0.217. The van der Waals surface area contributed by atoms with Crippen molar-refractivity contribution >= 4 is 39.9 Å². The lowest BCUT2D eigenvalue weighted by atomic mass is 9.89. The molecule has 0 spiro atoms. The second-order valence-electron chi connectivity index (χ2n) is 11.3. The third kappa shape index (κ3) is 7.70. The maximum atomic E-state index is 10.8. The van der Waals surface area contributed by atoms with Crippen molar-refractivity contribution < 1.29 is 14.3 Å². The maximum absolute atomic E-state index is 10.8. The summed E-state index contributed by atoms with van der Waals surface area (Å²) in [6, 6.07) is 13.8. The maximum Gasteiger partial charge on any atom is 0.150 e. The number of aliphatic imine (C=N–C) groups is 1. The summed E-state index contributed by atoms with van der Waals surface area (Å²) in [5, 5.41) is 12.9. The summed E-state index contributed by atoms with van der Waals surface area (Å²) < 4.78 is 12.4. The number of allylic oxidation sites excluding steroid dienone is 1. The van der Waals surface area contributed by atoms with Gasteiger partial charge in [0.2, 0.25) is 0 Å². The van der Waals surface area contributed by atoms with E-state index in [1.165, 1.54) is 11.1 Å². The molecule has 2 heterocycles. The Bertz CT molecular complexity index is 1340. The second-order valence-corrected chi connectivity index (χ2v) is 12.2. The normalized spacial score (nSPS) is 17.5. The van der Waals surface area contributed by atoms with E-state index in [0.29, 0.717) is 34.2 Å². The van der Waals surface area contributed by atoms with Crippen molar-refractivity contribution in [2.45, 2.75) is 65.9 Å². The Hall–Kier alpha value is -2.31. The summed E-state index contributed by atoms with van der Waals surface area (Å²) in [6.07, 6.45) is 4.37. The molecule has 4 rings (SSSR count). The smallest absolute Gasteiger partial charge is 0.150 e. The molecule has 1 aliphatic heterocycles. The largest absolute Gasteiger partial charge is 0.490 e. The standard InChI is InChI=1S/C33H42Cl2N2O3/c1-6-22(4)33(36-18-23(5)21(2)3)32-17-27-30(8-7-9-31(27)40-32)39-20-26(38)19-37-14-12-24(13-15-37)25-10-11-28(34)29(35)16-25/h7-11,16-18,21-22,24,26,38H,6,12-15,19-20H2,1-5H3/b23-18+,36-33?. The van der Waals surface area contributed by atoms with E-state index in [1.54, 1.807) is 0 Å². The predicted octanol–water partition coefficient (Wildman–Crippen LogP) is 8.75. The van der Waals surface area contributed by atoms with Gasteiger partial charge in [0.25, 0.3) is 0 Å². The van der Waals surface area contributed by atoms with Crippen molar-refractivity contribution in [1.82, 2.24) is 4.90 Å². The van der Waals surface area contributed by atoms with Crippen LogP contribution in [0.4, 0.5) is 0 Å². The van der Waals surface area contributed by atoms with Gasteiger partial charge in [0.15, 0.2) is 0 Å². The average molecular weight is 586 g/mol. The van der Waals surface area contributed by atoms with Crippen molar-refractivity contribution in [3.05, 3.63) is 75.6 Å². The number of nitrogens with zero attached hydrogens (tertiary/aromatic N) is 2. The zero-order valence-corrected chi connectivity index (χ0v) is 25.8. The van der Waals surface area contributed by atoms with E-state index in [-0.39, 0.29) is 12.5 Å². The molecule has 3 aromatic rings. The SMILES string of the molecule is CCC(C)C(=N/C=C(\C)C(C)C)c1cc2c(OCC(O)CN3CCC(c4ccc(Cl)c(Cl)c4)CC3)cccc2o1. The van der Waals surface area contributed by atoms with E-state index in [0.717, 1.165) is 54.8 Å². The number of rotatable bonds is 11. The number of benzene rings is 2. The van der Waals surface area contributed by atoms with E-state index < -0.39 is 6.10 Å². The lowest BCUT2D eigenvalue weighted by Crippen LogP contribution is -2.40. The monoisotopic (exact) mass is 584 g/mol. The summed E-state index contributed by atoms with van der Waals surface area (Å²) in [4.78, 5) is 7.15. The van der Waals surface area contributed by atoms with E-state index in [1.807, 2.05) is 42.6 Å². The Morgan fingerprint density at radius 2 is 1.88 bits per heavy atom. The molecule has 2 aromatic carbocycles. The molecule has 1 aromatic heterocycles. The fraction of sp³-hybridized carbons (Fsp3) is 0.485. The van der Waals surface area contributed by atoms with Crippen LogP contribution >= 0.6 is 23.2 Å². The lowest BCUT2D eigenvalue weighted by Gasteiger charge is -2.33. The molecular formula is C33H42Cl2N2O3. The zero-order valence-electron chi connectivity index (χ0n) is 24.3. The highest BCUT2D eigenvalue weighted by Crippen LogP contribution is 2.33. The third-order valence-corrected chi connectivity index (χ3v) is 8.81. The lowest BCUT2D eigenvalue weighted by molar-refractivity contribution is 0.0599. The number of aliphatic hydroxyl groups is 1. The van der Waals surface area contributed by atoms with Crippen molar-refractivity contribution in [2.24, 2.45) is 16.8 Å².